The second-order valence-corrected chi connectivity index (χ2v) is 14.8. The van der Waals surface area contributed by atoms with E-state index in [-0.39, 0.29) is 10.8 Å². The van der Waals surface area contributed by atoms with E-state index in [1.165, 1.54) is 62.0 Å². The first-order valence-corrected chi connectivity index (χ1v) is 17.9. The fourth-order valence-corrected chi connectivity index (χ4v) is 8.07. The topological polar surface area (TPSA) is 19.9 Å². The minimum atomic E-state index is -0.0207. The highest BCUT2D eigenvalue weighted by Crippen LogP contribution is 2.48. The van der Waals surface area contributed by atoms with Crippen LogP contribution < -0.4 is 10.2 Å². The summed E-state index contributed by atoms with van der Waals surface area (Å²) >= 11 is 1.94. The Balaban J connectivity index is 1.49. The third-order valence-electron chi connectivity index (χ3n) is 9.42. The number of para-hydroxylation sites is 2. The van der Waals surface area contributed by atoms with Crippen LogP contribution in [0.15, 0.2) is 130 Å². The Morgan fingerprint density at radius 1 is 0.867 bits per heavy atom. The summed E-state index contributed by atoms with van der Waals surface area (Å²) in [6, 6.07) is 28.9. The lowest BCUT2D eigenvalue weighted by Crippen LogP contribution is -2.78. The van der Waals surface area contributed by atoms with Crippen LogP contribution in [0.3, 0.4) is 0 Å². The first kappa shape index (κ1) is 33.1. The van der Waals surface area contributed by atoms with Crippen molar-refractivity contribution in [3.63, 3.8) is 0 Å². The van der Waals surface area contributed by atoms with Crippen molar-refractivity contribution in [1.29, 1.82) is 0 Å². The summed E-state index contributed by atoms with van der Waals surface area (Å²) in [5.74, 6) is 0. The van der Waals surface area contributed by atoms with Gasteiger partial charge < -0.3 is 10.2 Å². The molecule has 3 aromatic rings. The van der Waals surface area contributed by atoms with Gasteiger partial charge in [-0.15, -0.1) is 0 Å². The Hall–Kier alpha value is -3.27. The molecule has 45 heavy (non-hydrogen) atoms. The van der Waals surface area contributed by atoms with Crippen molar-refractivity contribution in [2.45, 2.75) is 95.8 Å². The van der Waals surface area contributed by atoms with Gasteiger partial charge in [-0.25, -0.2) is 0 Å². The molecule has 1 aliphatic carbocycles. The van der Waals surface area contributed by atoms with Crippen molar-refractivity contribution in [1.82, 2.24) is 0 Å². The molecule has 0 radical (unpaired) electrons. The molecule has 3 aromatic carbocycles. The van der Waals surface area contributed by atoms with Crippen LogP contribution >= 0.6 is 11.8 Å². The molecule has 0 amide bonds. The van der Waals surface area contributed by atoms with Crippen LogP contribution in [0.5, 0.6) is 0 Å². The summed E-state index contributed by atoms with van der Waals surface area (Å²) in [6.45, 7) is 16.3. The molecule has 1 heterocycles. The molecular weight excluding hydrogens is 565 g/mol. The van der Waals surface area contributed by atoms with E-state index in [1.54, 1.807) is 0 Å². The van der Waals surface area contributed by atoms with Crippen molar-refractivity contribution in [2.75, 3.05) is 18.0 Å². The highest BCUT2D eigenvalue weighted by Gasteiger charge is 2.39. The number of rotatable bonds is 12. The van der Waals surface area contributed by atoms with E-state index in [4.69, 9.17) is 0 Å². The van der Waals surface area contributed by atoms with Gasteiger partial charge in [0, 0.05) is 38.7 Å². The number of quaternary nitrogens is 1. The predicted octanol–water partition coefficient (Wildman–Crippen LogP) is 10.8. The van der Waals surface area contributed by atoms with Crippen molar-refractivity contribution < 1.29 is 5.32 Å². The maximum absolute atomic E-state index is 2.56. The van der Waals surface area contributed by atoms with Crippen molar-refractivity contribution in [3.05, 3.63) is 136 Å². The summed E-state index contributed by atoms with van der Waals surface area (Å²) in [4.78, 5) is 5.30. The quantitative estimate of drug-likeness (QED) is 0.204. The normalized spacial score (nSPS) is 18.4. The second kappa shape index (κ2) is 14.9. The summed E-state index contributed by atoms with van der Waals surface area (Å²) in [6.07, 6.45) is 16.5. The minimum Gasteiger partial charge on any atom is -0.344 e. The highest BCUT2D eigenvalue weighted by atomic mass is 32.2. The molecular formula is C42H53N2S+. The highest BCUT2D eigenvalue weighted by molar-refractivity contribution is 8.03. The molecule has 0 fully saturated rings. The zero-order valence-corrected chi connectivity index (χ0v) is 29.2. The zero-order valence-electron chi connectivity index (χ0n) is 28.4. The number of anilines is 1. The number of allylic oxidation sites excluding steroid dienone is 7. The predicted molar refractivity (Wildman–Crippen MR) is 196 cm³/mol. The first-order chi connectivity index (χ1) is 21.8. The van der Waals surface area contributed by atoms with Crippen LogP contribution in [0.1, 0.15) is 91.2 Å². The largest absolute Gasteiger partial charge is 0.344 e. The Kier molecular flexibility index (Phi) is 10.9. The Labute approximate surface area is 277 Å². The number of nitrogens with zero attached hydrogens (tertiary/aromatic N) is 1. The van der Waals surface area contributed by atoms with Gasteiger partial charge in [0.1, 0.15) is 5.69 Å². The van der Waals surface area contributed by atoms with Crippen LogP contribution in [0, 0.1) is 0 Å². The summed E-state index contributed by atoms with van der Waals surface area (Å²) in [5, 5.41) is 2.41. The molecule has 2 N–H and O–H groups in total. The number of hydrogen-bond donors (Lipinski definition) is 1. The van der Waals surface area contributed by atoms with Gasteiger partial charge in [-0.3, -0.25) is 0 Å². The van der Waals surface area contributed by atoms with E-state index in [9.17, 15) is 0 Å². The lowest BCUT2D eigenvalue weighted by molar-refractivity contribution is -0.572. The van der Waals surface area contributed by atoms with Crippen molar-refractivity contribution in [2.24, 2.45) is 0 Å². The number of nitrogens with two attached hydrogens (primary N) is 1. The van der Waals surface area contributed by atoms with Gasteiger partial charge in [0.2, 0.25) is 0 Å². The van der Waals surface area contributed by atoms with E-state index >= 15 is 0 Å². The van der Waals surface area contributed by atoms with E-state index < -0.39 is 0 Å². The molecule has 0 aromatic heterocycles. The van der Waals surface area contributed by atoms with Crippen molar-refractivity contribution >= 4 is 23.1 Å². The van der Waals surface area contributed by atoms with E-state index in [1.807, 2.05) is 11.8 Å². The third kappa shape index (κ3) is 7.59. The third-order valence-corrected chi connectivity index (χ3v) is 10.7. The van der Waals surface area contributed by atoms with Gasteiger partial charge in [-0.05, 0) is 91.0 Å². The summed E-state index contributed by atoms with van der Waals surface area (Å²) in [7, 11) is 0. The number of hydrogen-bond acceptors (Lipinski definition) is 2. The lowest BCUT2D eigenvalue weighted by atomic mass is 9.80. The van der Waals surface area contributed by atoms with Gasteiger partial charge in [0.05, 0.1) is 6.54 Å². The molecule has 5 rings (SSSR count). The average Bonchev–Trinajstić information content (AvgIpc) is 3.26. The fourth-order valence-electron chi connectivity index (χ4n) is 6.94. The summed E-state index contributed by atoms with van der Waals surface area (Å²) < 4.78 is 0. The smallest absolute Gasteiger partial charge is 0.133 e. The molecule has 2 aliphatic rings. The molecule has 0 unspecified atom stereocenters. The molecule has 2 nitrogen and oxygen atoms in total. The second-order valence-electron chi connectivity index (χ2n) is 13.7. The zero-order chi connectivity index (χ0) is 31.9. The Morgan fingerprint density at radius 3 is 2.38 bits per heavy atom. The maximum atomic E-state index is 2.56. The first-order valence-electron chi connectivity index (χ1n) is 17.1. The number of benzene rings is 3. The molecule has 236 valence electrons. The molecule has 0 bridgehead atoms. The summed E-state index contributed by atoms with van der Waals surface area (Å²) in [5.41, 5.74) is 10.0. The maximum Gasteiger partial charge on any atom is 0.133 e. The Morgan fingerprint density at radius 2 is 1.60 bits per heavy atom. The molecule has 0 spiro atoms. The Bertz CT molecular complexity index is 1570. The van der Waals surface area contributed by atoms with E-state index in [2.05, 4.69) is 155 Å². The van der Waals surface area contributed by atoms with Crippen LogP contribution in [-0.4, -0.2) is 13.1 Å². The molecule has 3 heteroatoms. The minimum absolute atomic E-state index is 0.0207. The van der Waals surface area contributed by atoms with Gasteiger partial charge in [-0.1, -0.05) is 126 Å². The van der Waals surface area contributed by atoms with Crippen LogP contribution in [0.25, 0.3) is 0 Å². The number of fused-ring (bicyclic) bond motifs is 1. The molecule has 0 saturated carbocycles. The van der Waals surface area contributed by atoms with Gasteiger partial charge in [0.25, 0.3) is 0 Å². The van der Waals surface area contributed by atoms with E-state index in [0.29, 0.717) is 0 Å². The molecule has 0 saturated heterocycles. The average molecular weight is 618 g/mol. The van der Waals surface area contributed by atoms with Gasteiger partial charge in [0.15, 0.2) is 0 Å². The fraction of sp³-hybridized carbons (Fsp3) is 0.381. The number of thioether (sulfide) groups is 1. The van der Waals surface area contributed by atoms with Gasteiger partial charge >= 0.3 is 0 Å². The van der Waals surface area contributed by atoms with Crippen LogP contribution in [0.2, 0.25) is 0 Å². The van der Waals surface area contributed by atoms with Crippen LogP contribution in [0.4, 0.5) is 11.4 Å². The monoisotopic (exact) mass is 617 g/mol. The van der Waals surface area contributed by atoms with Gasteiger partial charge in [-0.2, -0.15) is 0 Å². The van der Waals surface area contributed by atoms with E-state index in [0.717, 1.165) is 38.8 Å². The lowest BCUT2D eigenvalue weighted by Gasteiger charge is -2.27. The standard InChI is InChI=1S/C42H52N2S/c1-7-30-43-37-25-14-12-23-35(37)41(3,4)29-17-20-32-18-16-19-33(40(32)45-34-21-10-9-11-22-34)27-28-39-42(5,6)36-24-13-15-26-38(36)44(39)31-8-2/h9-15,17,20-28,43H,7-8,16,18-19,29-31H2,1-6H3/p+1/b20-17+,33-27-,39-28-. The molecule has 0 atom stereocenters. The van der Waals surface area contributed by atoms with Crippen molar-refractivity contribution in [3.8, 4) is 0 Å². The molecule has 1 aliphatic heterocycles. The van der Waals surface area contributed by atoms with Crippen LogP contribution in [-0.2, 0) is 10.8 Å². The SMILES string of the molecule is CCC[NH2+]c1ccccc1C(C)(C)C/C=C/C1=C(Sc2ccccc2)C(=C\C=C2/N(CCC)c3ccccc3C2(C)C)/CCC1.